The van der Waals surface area contributed by atoms with Crippen LogP contribution >= 0.6 is 11.8 Å². The molecule has 2 fully saturated rings. The number of benzene rings is 2. The van der Waals surface area contributed by atoms with Gasteiger partial charge in [-0.3, -0.25) is 4.79 Å². The molecule has 196 valence electrons. The van der Waals surface area contributed by atoms with Gasteiger partial charge in [-0.2, -0.15) is 0 Å². The van der Waals surface area contributed by atoms with Crippen molar-refractivity contribution in [2.75, 3.05) is 0 Å². The second-order valence-electron chi connectivity index (χ2n) is 11.0. The van der Waals surface area contributed by atoms with Gasteiger partial charge in [0.25, 0.3) is 0 Å². The Balaban J connectivity index is 1.18. The number of carboxylic acid groups (broad SMARTS) is 1. The zero-order valence-corrected chi connectivity index (χ0v) is 22.7. The summed E-state index contributed by atoms with van der Waals surface area (Å²) in [6.45, 7) is 4.02. The summed E-state index contributed by atoms with van der Waals surface area (Å²) in [6, 6.07) is 15.3. The Morgan fingerprint density at radius 3 is 2.61 bits per heavy atom. The molecular formula is C34H36O3S. The predicted molar refractivity (Wildman–Crippen MR) is 156 cm³/mol. The molecule has 3 nitrogen and oxygen atoms in total. The number of carbonyl (C=O) groups is 2. The van der Waals surface area contributed by atoms with Crippen molar-refractivity contribution in [2.24, 2.45) is 23.7 Å². The molecule has 4 heteroatoms. The summed E-state index contributed by atoms with van der Waals surface area (Å²) in [4.78, 5) is 25.7. The summed E-state index contributed by atoms with van der Waals surface area (Å²) in [5, 5.41) is 11.5. The fraction of sp³-hybridized carbons (Fsp3) is 0.382. The van der Waals surface area contributed by atoms with Gasteiger partial charge < -0.3 is 5.11 Å². The zero-order chi connectivity index (χ0) is 26.5. The number of aromatic carboxylic acids is 1. The first kappa shape index (κ1) is 26.5. The van der Waals surface area contributed by atoms with Crippen LogP contribution in [0.3, 0.4) is 0 Å². The Kier molecular flexibility index (Phi) is 8.51. The number of carbonyl (C=O) groups excluding carboxylic acids is 1. The maximum Gasteiger partial charge on any atom is 0.335 e. The van der Waals surface area contributed by atoms with Crippen molar-refractivity contribution in [3.05, 3.63) is 100 Å². The maximum absolute atomic E-state index is 13.0. The number of hydrogen-bond donors (Lipinski definition) is 1. The maximum atomic E-state index is 13.0. The SMILES string of the molecule is C=C=C(C1=CCC=CS1)C1CCCC(C2CC(=O)C(Cc3ccc(-c4cccc(C(=O)O)c4)cc3)C2)CC1. The number of ketones is 1. The van der Waals surface area contributed by atoms with E-state index in [2.05, 4.69) is 42.0 Å². The van der Waals surface area contributed by atoms with Crippen molar-refractivity contribution >= 4 is 23.5 Å². The van der Waals surface area contributed by atoms with E-state index in [1.54, 1.807) is 30.0 Å². The minimum absolute atomic E-state index is 0.111. The van der Waals surface area contributed by atoms with Gasteiger partial charge in [-0.1, -0.05) is 79.7 Å². The van der Waals surface area contributed by atoms with Crippen LogP contribution in [0.15, 0.2) is 88.9 Å². The molecule has 38 heavy (non-hydrogen) atoms. The van der Waals surface area contributed by atoms with Crippen LogP contribution in [-0.2, 0) is 11.2 Å². The van der Waals surface area contributed by atoms with E-state index < -0.39 is 5.97 Å². The molecule has 1 heterocycles. The number of thioether (sulfide) groups is 1. The lowest BCUT2D eigenvalue weighted by molar-refractivity contribution is -0.120. The average molecular weight is 525 g/mol. The van der Waals surface area contributed by atoms with Crippen molar-refractivity contribution in [1.82, 2.24) is 0 Å². The lowest BCUT2D eigenvalue weighted by Gasteiger charge is -2.22. The van der Waals surface area contributed by atoms with Crippen molar-refractivity contribution in [2.45, 2.75) is 57.8 Å². The number of carboxylic acids is 1. The molecule has 1 aliphatic heterocycles. The molecule has 2 aromatic carbocycles. The van der Waals surface area contributed by atoms with Crippen molar-refractivity contribution < 1.29 is 14.7 Å². The molecule has 3 aliphatic rings. The van der Waals surface area contributed by atoms with Crippen LogP contribution < -0.4 is 0 Å². The molecule has 2 saturated carbocycles. The van der Waals surface area contributed by atoms with Crippen LogP contribution in [0.1, 0.15) is 67.3 Å². The minimum atomic E-state index is -0.919. The lowest BCUT2D eigenvalue weighted by atomic mass is 9.83. The summed E-state index contributed by atoms with van der Waals surface area (Å²) in [5.74, 6) is 1.29. The van der Waals surface area contributed by atoms with E-state index in [9.17, 15) is 14.7 Å². The van der Waals surface area contributed by atoms with E-state index in [4.69, 9.17) is 0 Å². The third-order valence-electron chi connectivity index (χ3n) is 8.66. The predicted octanol–water partition coefficient (Wildman–Crippen LogP) is 8.63. The van der Waals surface area contributed by atoms with Gasteiger partial charge in [0, 0.05) is 22.8 Å². The first-order valence-electron chi connectivity index (χ1n) is 13.9. The second kappa shape index (κ2) is 12.2. The van der Waals surface area contributed by atoms with Crippen LogP contribution in [-0.4, -0.2) is 16.9 Å². The number of Topliss-reactive ketones (excluding diaryl/α,β-unsaturated/α-hetero) is 1. The third-order valence-corrected chi connectivity index (χ3v) is 9.63. The molecule has 0 bridgehead atoms. The molecule has 1 N–H and O–H groups in total. The van der Waals surface area contributed by atoms with E-state index in [0.29, 0.717) is 23.5 Å². The zero-order valence-electron chi connectivity index (χ0n) is 21.9. The first-order valence-corrected chi connectivity index (χ1v) is 14.8. The highest BCUT2D eigenvalue weighted by Crippen LogP contribution is 2.44. The van der Waals surface area contributed by atoms with Crippen LogP contribution in [0.5, 0.6) is 0 Å². The minimum Gasteiger partial charge on any atom is -0.478 e. The van der Waals surface area contributed by atoms with Gasteiger partial charge in [0.15, 0.2) is 0 Å². The number of rotatable bonds is 7. The van der Waals surface area contributed by atoms with Gasteiger partial charge >= 0.3 is 5.97 Å². The Morgan fingerprint density at radius 1 is 1.03 bits per heavy atom. The van der Waals surface area contributed by atoms with Crippen molar-refractivity contribution in [1.29, 1.82) is 0 Å². The van der Waals surface area contributed by atoms with Gasteiger partial charge in [0.2, 0.25) is 0 Å². The molecule has 0 spiro atoms. The highest BCUT2D eigenvalue weighted by atomic mass is 32.2. The Labute approximate surface area is 230 Å². The molecule has 0 aromatic heterocycles. The average Bonchev–Trinajstić information content (AvgIpc) is 3.14. The van der Waals surface area contributed by atoms with Gasteiger partial charge in [0.1, 0.15) is 5.78 Å². The number of hydrogen-bond acceptors (Lipinski definition) is 3. The standard InChI is InChI=1S/C34H36O3S/c1-2-31(33-11-3-4-18-38-33)26-8-5-7-24(16-17-26)29-21-30(32(35)22-29)19-23-12-14-25(15-13-23)27-9-6-10-28(20-27)34(36)37/h4,6,9-15,18,20,24,26,29-30H,1,3,5,7-8,16-17,19,21-22H2,(H,36,37). The molecule has 2 aromatic rings. The lowest BCUT2D eigenvalue weighted by Crippen LogP contribution is -2.12. The van der Waals surface area contributed by atoms with E-state index >= 15 is 0 Å². The summed E-state index contributed by atoms with van der Waals surface area (Å²) < 4.78 is 0. The van der Waals surface area contributed by atoms with Gasteiger partial charge in [-0.15, -0.1) is 5.73 Å². The Hall–Kier alpha value is -3.07. The van der Waals surface area contributed by atoms with Crippen molar-refractivity contribution in [3.8, 4) is 11.1 Å². The topological polar surface area (TPSA) is 54.4 Å². The van der Waals surface area contributed by atoms with Gasteiger partial charge in [-0.05, 0) is 90.5 Å². The molecule has 5 rings (SSSR count). The second-order valence-corrected chi connectivity index (χ2v) is 11.9. The molecule has 4 atom stereocenters. The Morgan fingerprint density at radius 2 is 1.87 bits per heavy atom. The van der Waals surface area contributed by atoms with Gasteiger partial charge in [-0.25, -0.2) is 4.79 Å². The summed E-state index contributed by atoms with van der Waals surface area (Å²) in [6.07, 6.45) is 14.0. The molecule has 4 unspecified atom stereocenters. The first-order chi connectivity index (χ1) is 18.5. The van der Waals surface area contributed by atoms with Crippen LogP contribution in [0.2, 0.25) is 0 Å². The Bertz CT molecular complexity index is 1300. The van der Waals surface area contributed by atoms with E-state index in [1.165, 1.54) is 48.1 Å². The fourth-order valence-electron chi connectivity index (χ4n) is 6.61. The highest BCUT2D eigenvalue weighted by Gasteiger charge is 2.37. The summed E-state index contributed by atoms with van der Waals surface area (Å²) >= 11 is 1.80. The normalized spacial score (nSPS) is 25.4. The monoisotopic (exact) mass is 524 g/mol. The van der Waals surface area contributed by atoms with Crippen LogP contribution in [0.25, 0.3) is 11.1 Å². The third kappa shape index (κ3) is 6.14. The van der Waals surface area contributed by atoms with Crippen LogP contribution in [0, 0.1) is 23.7 Å². The fourth-order valence-corrected chi connectivity index (χ4v) is 7.52. The summed E-state index contributed by atoms with van der Waals surface area (Å²) in [7, 11) is 0. The van der Waals surface area contributed by atoms with Gasteiger partial charge in [0.05, 0.1) is 5.56 Å². The molecule has 2 aliphatic carbocycles. The quantitative estimate of drug-likeness (QED) is 0.291. The molecular weight excluding hydrogens is 488 g/mol. The van der Waals surface area contributed by atoms with Crippen LogP contribution in [0.4, 0.5) is 0 Å². The van der Waals surface area contributed by atoms with E-state index in [0.717, 1.165) is 36.8 Å². The molecule has 0 radical (unpaired) electrons. The smallest absolute Gasteiger partial charge is 0.335 e. The molecule has 0 saturated heterocycles. The highest BCUT2D eigenvalue weighted by molar-refractivity contribution is 8.06. The van der Waals surface area contributed by atoms with E-state index in [-0.39, 0.29) is 11.5 Å². The largest absolute Gasteiger partial charge is 0.478 e. The molecule has 0 amide bonds. The van der Waals surface area contributed by atoms with E-state index in [1.807, 2.05) is 18.2 Å². The summed E-state index contributed by atoms with van der Waals surface area (Å²) in [5.41, 5.74) is 7.94. The van der Waals surface area contributed by atoms with Crippen molar-refractivity contribution in [3.63, 3.8) is 0 Å². The number of allylic oxidation sites excluding steroid dienone is 3.